The summed E-state index contributed by atoms with van der Waals surface area (Å²) < 4.78 is 5.40. The van der Waals surface area contributed by atoms with Gasteiger partial charge in [-0.05, 0) is 25.3 Å². The molecule has 3 N–H and O–H groups in total. The number of nitrogens with zero attached hydrogens (tertiary/aromatic N) is 1. The maximum atomic E-state index is 13.0. The molecule has 0 bridgehead atoms. The van der Waals surface area contributed by atoms with Gasteiger partial charge in [-0.25, -0.2) is 4.79 Å². The van der Waals surface area contributed by atoms with Gasteiger partial charge >= 0.3 is 11.9 Å². The number of ether oxygens (including phenoxy) is 1. The van der Waals surface area contributed by atoms with Crippen LogP contribution in [-0.2, 0) is 25.5 Å². The summed E-state index contributed by atoms with van der Waals surface area (Å²) in [6.45, 7) is 2.34. The van der Waals surface area contributed by atoms with Gasteiger partial charge < -0.3 is 19.8 Å². The first-order valence-corrected chi connectivity index (χ1v) is 9.04. The molecule has 1 aromatic rings. The number of hydrogen-bond acceptors (Lipinski definition) is 5. The van der Waals surface area contributed by atoms with Crippen LogP contribution in [0.1, 0.15) is 18.9 Å². The van der Waals surface area contributed by atoms with E-state index in [0.29, 0.717) is 19.6 Å². The summed E-state index contributed by atoms with van der Waals surface area (Å²) in [6.07, 6.45) is 0.593. The summed E-state index contributed by atoms with van der Waals surface area (Å²) >= 11 is 0. The van der Waals surface area contributed by atoms with Crippen LogP contribution in [0.2, 0.25) is 0 Å². The highest BCUT2D eigenvalue weighted by Crippen LogP contribution is 2.35. The predicted molar refractivity (Wildman–Crippen MR) is 95.2 cm³/mol. The highest BCUT2D eigenvalue weighted by atomic mass is 16.5. The molecular weight excluding hydrogens is 352 g/mol. The number of nitrogens with one attached hydrogen (secondary N) is 1. The van der Waals surface area contributed by atoms with Crippen molar-refractivity contribution in [2.75, 3.05) is 13.2 Å². The first kappa shape index (κ1) is 19.3. The Morgan fingerprint density at radius 3 is 2.56 bits per heavy atom. The van der Waals surface area contributed by atoms with Crippen LogP contribution in [0.5, 0.6) is 0 Å². The molecule has 2 aliphatic heterocycles. The molecule has 4 unspecified atom stereocenters. The van der Waals surface area contributed by atoms with Crippen LogP contribution in [0.4, 0.5) is 0 Å². The molecule has 8 nitrogen and oxygen atoms in total. The summed E-state index contributed by atoms with van der Waals surface area (Å²) in [5.74, 6) is -2.48. The van der Waals surface area contributed by atoms with E-state index in [9.17, 15) is 24.6 Å². The molecule has 5 atom stereocenters. The van der Waals surface area contributed by atoms with Crippen molar-refractivity contribution in [1.82, 2.24) is 10.2 Å². The third-order valence-electron chi connectivity index (χ3n) is 5.33. The Bertz CT molecular complexity index is 709. The fourth-order valence-electron chi connectivity index (χ4n) is 3.95. The van der Waals surface area contributed by atoms with E-state index in [4.69, 9.17) is 4.74 Å². The molecule has 0 aromatic heterocycles. The van der Waals surface area contributed by atoms with E-state index in [2.05, 4.69) is 5.32 Å². The predicted octanol–water partition coefficient (Wildman–Crippen LogP) is 0.361. The number of carboxylic acids is 2. The van der Waals surface area contributed by atoms with Gasteiger partial charge in [0.25, 0.3) is 0 Å². The van der Waals surface area contributed by atoms with Crippen LogP contribution in [0.3, 0.4) is 0 Å². The lowest BCUT2D eigenvalue weighted by molar-refractivity contribution is -0.151. The van der Waals surface area contributed by atoms with Gasteiger partial charge in [-0.1, -0.05) is 30.3 Å². The standard InChI is InChI=1S/C19H24N2O6/c1-11(20-14(18(23)24)7-12-5-3-2-4-6-12)17(22)21-15(19(25)26)8-13-9-27-10-16(13)21/h2-6,11,13-16,20H,7-10H2,1H3,(H,23,24)(H,25,26)/t11-,13?,14?,15?,16?/m0/s1. The monoisotopic (exact) mass is 376 g/mol. The second-order valence-corrected chi connectivity index (χ2v) is 7.17. The van der Waals surface area contributed by atoms with E-state index < -0.39 is 36.0 Å². The molecule has 27 heavy (non-hydrogen) atoms. The van der Waals surface area contributed by atoms with Crippen LogP contribution in [-0.4, -0.2) is 70.3 Å². The molecule has 2 heterocycles. The number of fused-ring (bicyclic) bond motifs is 1. The average molecular weight is 376 g/mol. The zero-order chi connectivity index (χ0) is 19.6. The molecule has 8 heteroatoms. The molecule has 2 saturated heterocycles. The van der Waals surface area contributed by atoms with Gasteiger partial charge in [-0.2, -0.15) is 0 Å². The largest absolute Gasteiger partial charge is 0.480 e. The van der Waals surface area contributed by atoms with Crippen LogP contribution in [0.25, 0.3) is 0 Å². The van der Waals surface area contributed by atoms with E-state index in [1.165, 1.54) is 4.90 Å². The molecule has 0 aliphatic carbocycles. The van der Waals surface area contributed by atoms with Gasteiger partial charge in [0, 0.05) is 5.92 Å². The van der Waals surface area contributed by atoms with Gasteiger partial charge in [0.15, 0.2) is 0 Å². The third-order valence-corrected chi connectivity index (χ3v) is 5.33. The van der Waals surface area contributed by atoms with Gasteiger partial charge in [0.05, 0.1) is 25.3 Å². The lowest BCUT2D eigenvalue weighted by Crippen LogP contribution is -2.56. The number of rotatable bonds is 7. The van der Waals surface area contributed by atoms with E-state index in [1.807, 2.05) is 30.3 Å². The SMILES string of the molecule is C[C@H](NC(Cc1ccccc1)C(=O)O)C(=O)N1C(C(=O)O)CC2COCC21. The fraction of sp³-hybridized carbons (Fsp3) is 0.526. The van der Waals surface area contributed by atoms with Crippen LogP contribution in [0.15, 0.2) is 30.3 Å². The Morgan fingerprint density at radius 2 is 1.93 bits per heavy atom. The molecule has 2 aliphatic rings. The third kappa shape index (κ3) is 4.12. The van der Waals surface area contributed by atoms with Gasteiger partial charge in [-0.3, -0.25) is 14.9 Å². The Labute approximate surface area is 157 Å². The summed E-state index contributed by atoms with van der Waals surface area (Å²) in [6, 6.07) is 6.22. The summed E-state index contributed by atoms with van der Waals surface area (Å²) in [5, 5.41) is 21.9. The van der Waals surface area contributed by atoms with Crippen molar-refractivity contribution in [3.63, 3.8) is 0 Å². The Balaban J connectivity index is 1.71. The van der Waals surface area contributed by atoms with E-state index >= 15 is 0 Å². The number of hydrogen-bond donors (Lipinski definition) is 3. The molecular formula is C19H24N2O6. The number of likely N-dealkylation sites (tertiary alicyclic amines) is 1. The normalized spacial score (nSPS) is 26.4. The molecule has 3 rings (SSSR count). The highest BCUT2D eigenvalue weighted by Gasteiger charge is 2.50. The number of carbonyl (C=O) groups excluding carboxylic acids is 1. The second kappa shape index (κ2) is 8.06. The minimum Gasteiger partial charge on any atom is -0.480 e. The Kier molecular flexibility index (Phi) is 5.76. The van der Waals surface area contributed by atoms with Crippen molar-refractivity contribution in [1.29, 1.82) is 0 Å². The number of carboxylic acid groups (broad SMARTS) is 2. The van der Waals surface area contributed by atoms with Crippen LogP contribution in [0, 0.1) is 5.92 Å². The van der Waals surface area contributed by atoms with Crippen LogP contribution < -0.4 is 5.32 Å². The lowest BCUT2D eigenvalue weighted by atomic mass is 10.0. The lowest BCUT2D eigenvalue weighted by Gasteiger charge is -2.31. The average Bonchev–Trinajstić information content (AvgIpc) is 3.22. The first-order chi connectivity index (χ1) is 12.9. The number of amides is 1. The molecule has 1 aromatic carbocycles. The van der Waals surface area contributed by atoms with Gasteiger partial charge in [0.1, 0.15) is 12.1 Å². The zero-order valence-electron chi connectivity index (χ0n) is 15.1. The highest BCUT2D eigenvalue weighted by molar-refractivity contribution is 5.88. The summed E-state index contributed by atoms with van der Waals surface area (Å²) in [7, 11) is 0. The molecule has 1 amide bonds. The number of carbonyl (C=O) groups is 3. The molecule has 0 saturated carbocycles. The van der Waals surface area contributed by atoms with E-state index in [1.54, 1.807) is 6.92 Å². The number of aliphatic carboxylic acids is 2. The van der Waals surface area contributed by atoms with Crippen molar-refractivity contribution in [2.45, 2.75) is 43.9 Å². The number of benzene rings is 1. The van der Waals surface area contributed by atoms with Crippen molar-refractivity contribution >= 4 is 17.8 Å². The maximum Gasteiger partial charge on any atom is 0.326 e. The second-order valence-electron chi connectivity index (χ2n) is 7.17. The molecule has 2 fully saturated rings. The Morgan fingerprint density at radius 1 is 1.22 bits per heavy atom. The zero-order valence-corrected chi connectivity index (χ0v) is 15.1. The fourth-order valence-corrected chi connectivity index (χ4v) is 3.95. The summed E-state index contributed by atoms with van der Waals surface area (Å²) in [4.78, 5) is 37.6. The van der Waals surface area contributed by atoms with Crippen molar-refractivity contribution < 1.29 is 29.3 Å². The van der Waals surface area contributed by atoms with Gasteiger partial charge in [-0.15, -0.1) is 0 Å². The van der Waals surface area contributed by atoms with Crippen molar-refractivity contribution in [3.8, 4) is 0 Å². The molecule has 146 valence electrons. The van der Waals surface area contributed by atoms with Crippen LogP contribution >= 0.6 is 0 Å². The van der Waals surface area contributed by atoms with Crippen molar-refractivity contribution in [2.24, 2.45) is 5.92 Å². The minimum atomic E-state index is -1.06. The molecule has 0 radical (unpaired) electrons. The van der Waals surface area contributed by atoms with E-state index in [0.717, 1.165) is 5.56 Å². The van der Waals surface area contributed by atoms with Gasteiger partial charge in [0.2, 0.25) is 5.91 Å². The Hall–Kier alpha value is -2.45. The quantitative estimate of drug-likeness (QED) is 0.629. The summed E-state index contributed by atoms with van der Waals surface area (Å²) in [5.41, 5.74) is 0.839. The topological polar surface area (TPSA) is 116 Å². The smallest absolute Gasteiger partial charge is 0.326 e. The maximum absolute atomic E-state index is 13.0. The minimum absolute atomic E-state index is 0.0156. The molecule has 0 spiro atoms. The van der Waals surface area contributed by atoms with Crippen molar-refractivity contribution in [3.05, 3.63) is 35.9 Å². The van der Waals surface area contributed by atoms with E-state index in [-0.39, 0.29) is 18.4 Å². The first-order valence-electron chi connectivity index (χ1n) is 9.04.